The summed E-state index contributed by atoms with van der Waals surface area (Å²) in [5.74, 6) is -1.48. The van der Waals surface area contributed by atoms with E-state index < -0.39 is 37.1 Å². The second-order valence-electron chi connectivity index (χ2n) is 17.9. The van der Waals surface area contributed by atoms with Crippen molar-refractivity contribution in [3.63, 3.8) is 0 Å². The van der Waals surface area contributed by atoms with Crippen molar-refractivity contribution in [3.8, 4) is 44.8 Å². The van der Waals surface area contributed by atoms with Crippen LogP contribution in [-0.2, 0) is 0 Å². The van der Waals surface area contributed by atoms with Gasteiger partial charge in [-0.2, -0.15) is 26.3 Å². The number of hydrogen-bond acceptors (Lipinski definition) is 8. The number of fused-ring (bicyclic) bond motifs is 2. The fourth-order valence-corrected chi connectivity index (χ4v) is 8.71. The summed E-state index contributed by atoms with van der Waals surface area (Å²) in [5.41, 5.74) is 17.9. The summed E-state index contributed by atoms with van der Waals surface area (Å²) in [6.07, 6.45) is -2.82. The van der Waals surface area contributed by atoms with E-state index in [2.05, 4.69) is 20.6 Å². The minimum absolute atomic E-state index is 0.0424. The Kier molecular flexibility index (Phi) is 15.8. The molecule has 0 aliphatic rings. The van der Waals surface area contributed by atoms with Crippen molar-refractivity contribution in [1.29, 1.82) is 0 Å². The summed E-state index contributed by atoms with van der Waals surface area (Å²) in [4.78, 5) is 56.5. The lowest BCUT2D eigenvalue weighted by molar-refractivity contribution is -0.132. The number of hydrogen-bond donors (Lipinski definition) is 4. The van der Waals surface area contributed by atoms with Gasteiger partial charge in [-0.05, 0) is 97.5 Å². The number of carboxylic acids is 1. The molecule has 0 unspecified atom stereocenters. The largest absolute Gasteiger partial charge is 0.478 e. The number of aryl methyl sites for hydroxylation is 4. The van der Waals surface area contributed by atoms with Gasteiger partial charge in [0.1, 0.15) is 0 Å². The molecule has 0 bridgehead atoms. The van der Waals surface area contributed by atoms with Crippen molar-refractivity contribution in [3.05, 3.63) is 154 Å². The number of rotatable bonds is 16. The maximum absolute atomic E-state index is 12.8. The van der Waals surface area contributed by atoms with E-state index in [0.29, 0.717) is 80.1 Å². The lowest BCUT2D eigenvalue weighted by Gasteiger charge is -2.14. The summed E-state index contributed by atoms with van der Waals surface area (Å²) in [5, 5.41) is 15.1. The predicted octanol–water partition coefficient (Wildman–Crippen LogP) is 13.3. The number of carbonyl (C=O) groups excluding carboxylic acids is 3. The number of nitrogens with zero attached hydrogens (tertiary/aromatic N) is 4. The number of nitrogens with two attached hydrogens (primary N) is 1. The maximum atomic E-state index is 12.8. The van der Waals surface area contributed by atoms with Crippen LogP contribution in [0, 0.1) is 27.7 Å². The number of carbonyl (C=O) groups is 4. The predicted molar refractivity (Wildman–Crippen MR) is 274 cm³/mol. The van der Waals surface area contributed by atoms with E-state index in [4.69, 9.17) is 5.73 Å². The van der Waals surface area contributed by atoms with Gasteiger partial charge in [0.15, 0.2) is 22.9 Å². The van der Waals surface area contributed by atoms with E-state index >= 15 is 0 Å². The zero-order chi connectivity index (χ0) is 53.8. The zero-order valence-corrected chi connectivity index (χ0v) is 41.3. The Morgan fingerprint density at radius 2 is 0.878 bits per heavy atom. The number of imidazole rings is 2. The molecule has 8 aromatic rings. The molecule has 1 amide bonds. The van der Waals surface area contributed by atoms with E-state index in [1.54, 1.807) is 86.1 Å². The molecule has 0 spiro atoms. The van der Waals surface area contributed by atoms with Gasteiger partial charge in [0.05, 0.1) is 53.6 Å². The summed E-state index contributed by atoms with van der Waals surface area (Å²) in [6.45, 7) is 10.2. The lowest BCUT2D eigenvalue weighted by Crippen LogP contribution is -2.15. The molecule has 5 N–H and O–H groups in total. The molecule has 0 radical (unpaired) electrons. The lowest BCUT2D eigenvalue weighted by atomic mass is 9.99. The fraction of sp³-hybridized carbons (Fsp3) is 0.250. The van der Waals surface area contributed by atoms with E-state index in [0.717, 1.165) is 39.1 Å². The summed E-state index contributed by atoms with van der Waals surface area (Å²) < 4.78 is 80.5. The van der Waals surface area contributed by atoms with Gasteiger partial charge in [0.2, 0.25) is 5.91 Å². The average molecular weight is 1020 g/mol. The molecule has 0 aliphatic heterocycles. The van der Waals surface area contributed by atoms with Gasteiger partial charge < -0.3 is 21.5 Å². The third-order valence-corrected chi connectivity index (χ3v) is 12.6. The van der Waals surface area contributed by atoms with Gasteiger partial charge in [-0.25, -0.2) is 14.8 Å². The van der Waals surface area contributed by atoms with Gasteiger partial charge in [-0.3, -0.25) is 23.2 Å². The molecular weight excluding hydrogens is 965 g/mol. The van der Waals surface area contributed by atoms with Crippen molar-refractivity contribution in [2.24, 2.45) is 5.73 Å². The number of carboxylic acid groups (broad SMARTS) is 1. The van der Waals surface area contributed by atoms with E-state index in [1.807, 2.05) is 67.9 Å². The number of aromatic carboxylic acids is 1. The van der Waals surface area contributed by atoms with Crippen LogP contribution in [0.3, 0.4) is 0 Å². The first-order valence-electron chi connectivity index (χ1n) is 23.6. The second kappa shape index (κ2) is 21.8. The number of anilines is 2. The molecule has 0 saturated heterocycles. The quantitative estimate of drug-likeness (QED) is 0.0543. The number of benzene rings is 4. The minimum Gasteiger partial charge on any atom is -0.478 e. The van der Waals surface area contributed by atoms with Crippen molar-refractivity contribution in [2.45, 2.75) is 79.6 Å². The van der Waals surface area contributed by atoms with Crippen molar-refractivity contribution in [1.82, 2.24) is 18.8 Å². The third-order valence-electron chi connectivity index (χ3n) is 12.6. The minimum atomic E-state index is -4.31. The maximum Gasteiger partial charge on any atom is 0.390 e. The Morgan fingerprint density at radius 1 is 0.527 bits per heavy atom. The van der Waals surface area contributed by atoms with Gasteiger partial charge in [0, 0.05) is 77.3 Å². The van der Waals surface area contributed by atoms with Crippen LogP contribution in [0.25, 0.3) is 56.1 Å². The van der Waals surface area contributed by atoms with Crippen LogP contribution in [0.1, 0.15) is 103 Å². The zero-order valence-electron chi connectivity index (χ0n) is 41.3. The van der Waals surface area contributed by atoms with Gasteiger partial charge >= 0.3 is 18.3 Å². The van der Waals surface area contributed by atoms with Gasteiger partial charge in [0.25, 0.3) is 0 Å². The van der Waals surface area contributed by atoms with Crippen LogP contribution in [0.2, 0.25) is 0 Å². The molecule has 4 aromatic heterocycles. The van der Waals surface area contributed by atoms with Crippen molar-refractivity contribution >= 4 is 46.1 Å². The number of aromatic nitrogens is 4. The standard InChI is InChI=1S/C28H27F3N4O2.C28H26F3N3O3/c1-4-25(36)21-7-6-19(12-16(21)2)24-14-34-27-23(33-10-9-28(29,30)31)13-20(15-35(24)27)18-5-8-22(26(32)37)17(3)11-18;1-4-25(35)21-7-6-19(12-16(21)2)24-14-33-26-23(32-10-9-28(29,30)31)13-20(15-34(24)26)18-5-8-22(27(36)37)17(3)11-18/h5-8,11-15,33H,4,9-10H2,1-3H3,(H2,32,37);5-8,11-15,32H,4,9-10H2,1-3H3,(H,36,37). The highest BCUT2D eigenvalue weighted by molar-refractivity contribution is 5.99. The van der Waals surface area contributed by atoms with Crippen molar-refractivity contribution < 1.29 is 50.6 Å². The number of Topliss-reactive ketones (excluding diaryl/α,β-unsaturated/α-hetero) is 2. The topological polar surface area (TPSA) is 173 Å². The first-order chi connectivity index (χ1) is 35.0. The monoisotopic (exact) mass is 1020 g/mol. The Hall–Kier alpha value is -8.28. The van der Waals surface area contributed by atoms with Crippen LogP contribution >= 0.6 is 0 Å². The Morgan fingerprint density at radius 3 is 1.22 bits per heavy atom. The molecule has 18 heteroatoms. The average Bonchev–Trinajstić information content (AvgIpc) is 3.98. The molecule has 0 saturated carbocycles. The first-order valence-corrected chi connectivity index (χ1v) is 23.6. The van der Waals surface area contributed by atoms with E-state index in [9.17, 15) is 50.6 Å². The normalized spacial score (nSPS) is 11.6. The number of ketones is 2. The number of alkyl halides is 6. The van der Waals surface area contributed by atoms with E-state index in [-0.39, 0.29) is 30.2 Å². The second-order valence-corrected chi connectivity index (χ2v) is 17.9. The highest BCUT2D eigenvalue weighted by Crippen LogP contribution is 2.35. The molecule has 4 heterocycles. The van der Waals surface area contributed by atoms with Crippen LogP contribution < -0.4 is 16.4 Å². The van der Waals surface area contributed by atoms with E-state index in [1.165, 1.54) is 6.07 Å². The number of pyridine rings is 2. The number of halogens is 6. The number of primary amides is 1. The first kappa shape index (κ1) is 53.5. The van der Waals surface area contributed by atoms with Gasteiger partial charge in [-0.15, -0.1) is 0 Å². The third kappa shape index (κ3) is 12.1. The highest BCUT2D eigenvalue weighted by Gasteiger charge is 2.28. The molecule has 0 atom stereocenters. The van der Waals surface area contributed by atoms with Crippen molar-refractivity contribution in [2.75, 3.05) is 23.7 Å². The number of amides is 1. The summed E-state index contributed by atoms with van der Waals surface area (Å²) in [6, 6.07) is 24.6. The van der Waals surface area contributed by atoms with Crippen LogP contribution in [0.4, 0.5) is 37.7 Å². The Bertz CT molecular complexity index is 3240. The fourth-order valence-electron chi connectivity index (χ4n) is 8.71. The SMILES string of the molecule is CCC(=O)c1ccc(-c2cnc3c(NCCC(F)(F)F)cc(-c4ccc(C(=O)O)c(C)c4)cn23)cc1C.CCC(=O)c1ccc(-c2cnc3c(NCCC(F)(F)F)cc(-c4ccc(C(N)=O)c(C)c4)cn23)cc1C. The molecule has 384 valence electrons. The molecular formula is C56H53F6N7O5. The molecule has 8 rings (SSSR count). The highest BCUT2D eigenvalue weighted by atomic mass is 19.4. The van der Waals surface area contributed by atoms with Crippen LogP contribution in [0.15, 0.2) is 110 Å². The summed E-state index contributed by atoms with van der Waals surface area (Å²) >= 11 is 0. The van der Waals surface area contributed by atoms with Crippen LogP contribution in [-0.4, -0.2) is 72.8 Å². The molecule has 4 aromatic carbocycles. The number of nitrogens with one attached hydrogen (secondary N) is 2. The Labute approximate surface area is 422 Å². The molecule has 74 heavy (non-hydrogen) atoms. The van der Waals surface area contributed by atoms with Crippen LogP contribution in [0.5, 0.6) is 0 Å². The smallest absolute Gasteiger partial charge is 0.390 e. The molecule has 12 nitrogen and oxygen atoms in total. The molecule has 0 aliphatic carbocycles. The summed E-state index contributed by atoms with van der Waals surface area (Å²) in [7, 11) is 0. The van der Waals surface area contributed by atoms with Gasteiger partial charge in [-0.1, -0.05) is 62.4 Å². The molecule has 0 fully saturated rings. The Balaban J connectivity index is 0.000000216.